The maximum absolute atomic E-state index is 12.8. The Morgan fingerprint density at radius 3 is 2.50 bits per heavy atom. The molecule has 0 radical (unpaired) electrons. The fourth-order valence-electron chi connectivity index (χ4n) is 3.10. The maximum Gasteiger partial charge on any atom is 0.323 e. The van der Waals surface area contributed by atoms with Crippen LogP contribution in [0, 0.1) is 0 Å². The standard InChI is InChI=1S/C20H13NO3S2/c22-17(23)11-21-19(24)14-9-10-16(26-12-5-2-1-3-6-12)13-7-4-8-15(18(13)14)20(21)25/h1-10H,11H2,(H,22,23). The molecule has 1 aliphatic rings. The highest BCUT2D eigenvalue weighted by Gasteiger charge is 2.31. The van der Waals surface area contributed by atoms with Crippen LogP contribution in [0.5, 0.6) is 0 Å². The summed E-state index contributed by atoms with van der Waals surface area (Å²) in [5.41, 5.74) is 1.21. The average molecular weight is 379 g/mol. The molecule has 6 heteroatoms. The third kappa shape index (κ3) is 2.77. The first-order valence-electron chi connectivity index (χ1n) is 7.93. The highest BCUT2D eigenvalue weighted by atomic mass is 32.2. The van der Waals surface area contributed by atoms with Crippen LogP contribution in [0.2, 0.25) is 0 Å². The molecule has 1 amide bonds. The van der Waals surface area contributed by atoms with Gasteiger partial charge in [0.25, 0.3) is 5.91 Å². The van der Waals surface area contributed by atoms with Crippen molar-refractivity contribution in [3.05, 3.63) is 71.8 Å². The summed E-state index contributed by atoms with van der Waals surface area (Å²) < 4.78 is 0. The van der Waals surface area contributed by atoms with Gasteiger partial charge in [0.2, 0.25) is 0 Å². The summed E-state index contributed by atoms with van der Waals surface area (Å²) in [5, 5.41) is 10.8. The van der Waals surface area contributed by atoms with Crippen LogP contribution in [-0.4, -0.2) is 33.4 Å². The molecule has 0 fully saturated rings. The number of amides is 1. The highest BCUT2D eigenvalue weighted by molar-refractivity contribution is 7.99. The molecule has 0 unspecified atom stereocenters. The molecule has 3 aromatic carbocycles. The maximum atomic E-state index is 12.8. The summed E-state index contributed by atoms with van der Waals surface area (Å²) in [6.45, 7) is -0.436. The lowest BCUT2D eigenvalue weighted by atomic mass is 9.94. The molecule has 0 aromatic heterocycles. The lowest BCUT2D eigenvalue weighted by Gasteiger charge is -2.28. The zero-order valence-electron chi connectivity index (χ0n) is 13.5. The number of rotatable bonds is 4. The van der Waals surface area contributed by atoms with Gasteiger partial charge in [0.05, 0.1) is 0 Å². The average Bonchev–Trinajstić information content (AvgIpc) is 2.64. The van der Waals surface area contributed by atoms with Crippen LogP contribution < -0.4 is 0 Å². The molecule has 0 bridgehead atoms. The van der Waals surface area contributed by atoms with Crippen molar-refractivity contribution in [1.29, 1.82) is 0 Å². The second kappa shape index (κ2) is 6.55. The van der Waals surface area contributed by atoms with E-state index in [1.165, 1.54) is 0 Å². The molecule has 128 valence electrons. The number of carboxylic acid groups (broad SMARTS) is 1. The van der Waals surface area contributed by atoms with E-state index in [4.69, 9.17) is 17.3 Å². The van der Waals surface area contributed by atoms with Gasteiger partial charge in [-0.05, 0) is 29.7 Å². The molecule has 0 atom stereocenters. The Morgan fingerprint density at radius 1 is 1.00 bits per heavy atom. The summed E-state index contributed by atoms with van der Waals surface area (Å²) in [4.78, 5) is 27.4. The highest BCUT2D eigenvalue weighted by Crippen LogP contribution is 2.38. The van der Waals surface area contributed by atoms with Gasteiger partial charge in [-0.15, -0.1) is 0 Å². The molecule has 3 aromatic rings. The predicted molar refractivity (Wildman–Crippen MR) is 105 cm³/mol. The first kappa shape index (κ1) is 16.8. The topological polar surface area (TPSA) is 57.6 Å². The van der Waals surface area contributed by atoms with Gasteiger partial charge in [0.15, 0.2) is 0 Å². The van der Waals surface area contributed by atoms with E-state index in [1.807, 2.05) is 54.6 Å². The van der Waals surface area contributed by atoms with Crippen LogP contribution in [0.1, 0.15) is 15.9 Å². The molecule has 0 saturated carbocycles. The summed E-state index contributed by atoms with van der Waals surface area (Å²) in [7, 11) is 0. The molecule has 1 aliphatic heterocycles. The van der Waals surface area contributed by atoms with Crippen LogP contribution in [0.25, 0.3) is 10.8 Å². The molecule has 0 saturated heterocycles. The van der Waals surface area contributed by atoms with Crippen molar-refractivity contribution in [3.63, 3.8) is 0 Å². The van der Waals surface area contributed by atoms with E-state index in [1.54, 1.807) is 17.8 Å². The number of carboxylic acids is 1. The van der Waals surface area contributed by atoms with Crippen LogP contribution in [0.4, 0.5) is 0 Å². The first-order valence-corrected chi connectivity index (χ1v) is 9.15. The second-order valence-electron chi connectivity index (χ2n) is 5.84. The van der Waals surface area contributed by atoms with E-state index < -0.39 is 12.5 Å². The number of hydrogen-bond donors (Lipinski definition) is 1. The van der Waals surface area contributed by atoms with E-state index in [0.29, 0.717) is 5.56 Å². The zero-order chi connectivity index (χ0) is 18.3. The lowest BCUT2D eigenvalue weighted by molar-refractivity contribution is -0.137. The Hall–Kier alpha value is -2.70. The summed E-state index contributed by atoms with van der Waals surface area (Å²) >= 11 is 7.04. The third-order valence-electron chi connectivity index (χ3n) is 4.22. The van der Waals surface area contributed by atoms with Gasteiger partial charge in [0, 0.05) is 26.3 Å². The minimum absolute atomic E-state index is 0.261. The van der Waals surface area contributed by atoms with Crippen molar-refractivity contribution in [1.82, 2.24) is 4.90 Å². The van der Waals surface area contributed by atoms with Gasteiger partial charge in [-0.2, -0.15) is 0 Å². The monoisotopic (exact) mass is 379 g/mol. The number of hydrogen-bond acceptors (Lipinski definition) is 4. The van der Waals surface area contributed by atoms with Crippen molar-refractivity contribution in [2.75, 3.05) is 6.54 Å². The normalized spacial score (nSPS) is 13.3. The molecule has 0 aliphatic carbocycles. The van der Waals surface area contributed by atoms with Crippen LogP contribution >= 0.6 is 24.0 Å². The number of carbonyl (C=O) groups is 2. The molecule has 4 rings (SSSR count). The Bertz CT molecular complexity index is 1040. The van der Waals surface area contributed by atoms with Gasteiger partial charge in [-0.1, -0.05) is 60.4 Å². The van der Waals surface area contributed by atoms with Crippen LogP contribution in [0.15, 0.2) is 70.5 Å². The van der Waals surface area contributed by atoms with Crippen molar-refractivity contribution in [2.24, 2.45) is 0 Å². The van der Waals surface area contributed by atoms with Crippen LogP contribution in [0.3, 0.4) is 0 Å². The van der Waals surface area contributed by atoms with E-state index in [2.05, 4.69) is 0 Å². The smallest absolute Gasteiger partial charge is 0.323 e. The van der Waals surface area contributed by atoms with Gasteiger partial charge < -0.3 is 5.11 Å². The van der Waals surface area contributed by atoms with Crippen molar-refractivity contribution in [3.8, 4) is 0 Å². The second-order valence-corrected chi connectivity index (χ2v) is 7.35. The quantitative estimate of drug-likeness (QED) is 0.688. The fraction of sp³-hybridized carbons (Fsp3) is 0.0500. The third-order valence-corrected chi connectivity index (χ3v) is 5.74. The number of benzene rings is 3. The number of thiocarbonyl (C=S) groups is 1. The minimum Gasteiger partial charge on any atom is -0.480 e. The molecule has 1 heterocycles. The van der Waals surface area contributed by atoms with Gasteiger partial charge in [-0.25, -0.2) is 0 Å². The van der Waals surface area contributed by atoms with E-state index >= 15 is 0 Å². The fourth-order valence-corrected chi connectivity index (χ4v) is 4.38. The van der Waals surface area contributed by atoms with Crippen molar-refractivity contribution in [2.45, 2.75) is 9.79 Å². The Morgan fingerprint density at radius 2 is 1.77 bits per heavy atom. The summed E-state index contributed by atoms with van der Waals surface area (Å²) in [6.07, 6.45) is 0. The Kier molecular flexibility index (Phi) is 4.22. The lowest BCUT2D eigenvalue weighted by Crippen LogP contribution is -2.42. The van der Waals surface area contributed by atoms with Gasteiger partial charge in [-0.3, -0.25) is 14.5 Å². The molecule has 0 spiro atoms. The van der Waals surface area contributed by atoms with Gasteiger partial charge in [0.1, 0.15) is 11.5 Å². The van der Waals surface area contributed by atoms with Crippen molar-refractivity contribution < 1.29 is 14.7 Å². The minimum atomic E-state index is -1.09. The molecule has 26 heavy (non-hydrogen) atoms. The summed E-state index contributed by atoms with van der Waals surface area (Å²) in [5.74, 6) is -1.45. The Labute approximate surface area is 159 Å². The molecular formula is C20H13NO3S2. The SMILES string of the molecule is O=C(O)CN1C(=O)c2ccc(Sc3ccccc3)c3cccc(c23)C1=S. The van der Waals surface area contributed by atoms with E-state index in [-0.39, 0.29) is 10.9 Å². The largest absolute Gasteiger partial charge is 0.480 e. The zero-order valence-corrected chi connectivity index (χ0v) is 15.1. The Balaban J connectivity index is 1.87. The van der Waals surface area contributed by atoms with Crippen LogP contribution in [-0.2, 0) is 4.79 Å². The van der Waals surface area contributed by atoms with Crippen molar-refractivity contribution >= 4 is 51.6 Å². The first-order chi connectivity index (χ1) is 12.6. The van der Waals surface area contributed by atoms with E-state index in [0.717, 1.165) is 31.0 Å². The molecule has 1 N–H and O–H groups in total. The summed E-state index contributed by atoms with van der Waals surface area (Å²) in [6, 6.07) is 19.4. The number of nitrogens with zero attached hydrogens (tertiary/aromatic N) is 1. The number of carbonyl (C=O) groups excluding carboxylic acids is 1. The molecular weight excluding hydrogens is 366 g/mol. The predicted octanol–water partition coefficient (Wildman–Crippen LogP) is 4.21. The van der Waals surface area contributed by atoms with Gasteiger partial charge >= 0.3 is 5.97 Å². The molecule has 4 nitrogen and oxygen atoms in total. The van der Waals surface area contributed by atoms with E-state index in [9.17, 15) is 9.59 Å². The number of aliphatic carboxylic acids is 1.